The zero-order chi connectivity index (χ0) is 8.20. The van der Waals surface area contributed by atoms with E-state index in [4.69, 9.17) is 46.4 Å². The van der Waals surface area contributed by atoms with Crippen molar-refractivity contribution < 1.29 is 0 Å². The molecule has 0 aromatic rings. The minimum absolute atomic E-state index is 0.435. The van der Waals surface area contributed by atoms with Crippen molar-refractivity contribution in [2.45, 2.75) is 17.1 Å². The molecule has 0 saturated heterocycles. The van der Waals surface area contributed by atoms with Crippen LogP contribution >= 0.6 is 46.4 Å². The molecule has 0 aliphatic heterocycles. The molecule has 0 bridgehead atoms. The Morgan fingerprint density at radius 3 is 2.20 bits per heavy atom. The molecule has 0 aromatic heterocycles. The summed E-state index contributed by atoms with van der Waals surface area (Å²) in [5, 5.41) is 0. The molecule has 0 aromatic carbocycles. The molecule has 0 aliphatic rings. The second kappa shape index (κ2) is 4.71. The Morgan fingerprint density at radius 1 is 1.40 bits per heavy atom. The van der Waals surface area contributed by atoms with Crippen molar-refractivity contribution in [3.8, 4) is 0 Å². The number of halogens is 4. The predicted octanol–water partition coefficient (Wildman–Crippen LogP) is 3.93. The highest BCUT2D eigenvalue weighted by atomic mass is 35.6. The summed E-state index contributed by atoms with van der Waals surface area (Å²) >= 11 is 22.0. The van der Waals surface area contributed by atoms with Gasteiger partial charge in [-0.15, -0.1) is 11.6 Å². The van der Waals surface area contributed by atoms with E-state index in [1.54, 1.807) is 0 Å². The Kier molecular flexibility index (Phi) is 5.14. The van der Waals surface area contributed by atoms with Gasteiger partial charge in [-0.1, -0.05) is 46.5 Å². The lowest BCUT2D eigenvalue weighted by Crippen LogP contribution is -2.01. The van der Waals surface area contributed by atoms with E-state index in [1.165, 1.54) is 0 Å². The number of alkyl halides is 4. The molecule has 0 amide bonds. The summed E-state index contributed by atoms with van der Waals surface area (Å²) in [6.07, 6.45) is 2.26. The molecule has 0 unspecified atom stereocenters. The third-order valence-electron chi connectivity index (χ3n) is 0.905. The van der Waals surface area contributed by atoms with Gasteiger partial charge in [-0.3, -0.25) is 0 Å². The molecular weight excluding hydrogens is 214 g/mol. The van der Waals surface area contributed by atoms with Gasteiger partial charge in [-0.25, -0.2) is 0 Å². The van der Waals surface area contributed by atoms with Crippen LogP contribution in [0.3, 0.4) is 0 Å². The second-order valence-electron chi connectivity index (χ2n) is 2.00. The lowest BCUT2D eigenvalue weighted by atomic mass is 10.2. The molecule has 10 heavy (non-hydrogen) atoms. The molecule has 0 spiro atoms. The van der Waals surface area contributed by atoms with Gasteiger partial charge in [0.05, 0.1) is 0 Å². The van der Waals surface area contributed by atoms with Gasteiger partial charge in [0.2, 0.25) is 0 Å². The third kappa shape index (κ3) is 7.01. The van der Waals surface area contributed by atoms with E-state index in [2.05, 4.69) is 0 Å². The molecular formula is C6H8Cl4. The average molecular weight is 222 g/mol. The van der Waals surface area contributed by atoms with Crippen molar-refractivity contribution in [2.75, 3.05) is 5.88 Å². The number of hydrogen-bond donors (Lipinski definition) is 0. The maximum absolute atomic E-state index is 5.51. The van der Waals surface area contributed by atoms with E-state index >= 15 is 0 Å². The molecule has 0 saturated carbocycles. The SMILES string of the molecule is CC(=CCCl)CC(Cl)(Cl)Cl. The lowest BCUT2D eigenvalue weighted by Gasteiger charge is -2.09. The van der Waals surface area contributed by atoms with E-state index in [0.717, 1.165) is 5.57 Å². The van der Waals surface area contributed by atoms with Crippen LogP contribution in [0.4, 0.5) is 0 Å². The van der Waals surface area contributed by atoms with Crippen molar-refractivity contribution in [1.82, 2.24) is 0 Å². The predicted molar refractivity (Wildman–Crippen MR) is 49.4 cm³/mol. The zero-order valence-electron chi connectivity index (χ0n) is 5.50. The Morgan fingerprint density at radius 2 is 1.90 bits per heavy atom. The molecule has 0 rings (SSSR count). The van der Waals surface area contributed by atoms with E-state index in [-0.39, 0.29) is 0 Å². The van der Waals surface area contributed by atoms with Crippen LogP contribution in [-0.4, -0.2) is 9.67 Å². The topological polar surface area (TPSA) is 0 Å². The molecule has 0 radical (unpaired) electrons. The Balaban J connectivity index is 3.79. The van der Waals surface area contributed by atoms with E-state index < -0.39 is 3.79 Å². The summed E-state index contributed by atoms with van der Waals surface area (Å²) in [6.45, 7) is 1.88. The van der Waals surface area contributed by atoms with Crippen molar-refractivity contribution >= 4 is 46.4 Å². The highest BCUT2D eigenvalue weighted by molar-refractivity contribution is 6.67. The van der Waals surface area contributed by atoms with Gasteiger partial charge in [0.25, 0.3) is 0 Å². The van der Waals surface area contributed by atoms with Crippen molar-refractivity contribution in [1.29, 1.82) is 0 Å². The summed E-state index contributed by atoms with van der Waals surface area (Å²) in [7, 11) is 0. The fraction of sp³-hybridized carbons (Fsp3) is 0.667. The van der Waals surface area contributed by atoms with Gasteiger partial charge in [0, 0.05) is 12.3 Å². The van der Waals surface area contributed by atoms with Crippen LogP contribution in [0.15, 0.2) is 11.6 Å². The van der Waals surface area contributed by atoms with Crippen molar-refractivity contribution in [3.63, 3.8) is 0 Å². The summed E-state index contributed by atoms with van der Waals surface area (Å²) in [5.74, 6) is 0.465. The third-order valence-corrected chi connectivity index (χ3v) is 1.46. The van der Waals surface area contributed by atoms with Crippen LogP contribution in [0.1, 0.15) is 13.3 Å². The van der Waals surface area contributed by atoms with Crippen LogP contribution in [0.5, 0.6) is 0 Å². The minimum Gasteiger partial charge on any atom is -0.122 e. The van der Waals surface area contributed by atoms with Crippen LogP contribution in [0.25, 0.3) is 0 Å². The fourth-order valence-electron chi connectivity index (χ4n) is 0.520. The van der Waals surface area contributed by atoms with E-state index in [9.17, 15) is 0 Å². The fourth-order valence-corrected chi connectivity index (χ4v) is 1.42. The maximum atomic E-state index is 5.51. The van der Waals surface area contributed by atoms with Gasteiger partial charge >= 0.3 is 0 Å². The first-order chi connectivity index (χ1) is 4.45. The summed E-state index contributed by atoms with van der Waals surface area (Å²) in [4.78, 5) is 0. The molecule has 0 heterocycles. The monoisotopic (exact) mass is 220 g/mol. The smallest absolute Gasteiger partial charge is 0.122 e. The Hall–Kier alpha value is 0.900. The first-order valence-electron chi connectivity index (χ1n) is 2.74. The van der Waals surface area contributed by atoms with Gasteiger partial charge in [0.15, 0.2) is 3.79 Å². The van der Waals surface area contributed by atoms with Crippen LogP contribution in [0.2, 0.25) is 0 Å². The molecule has 0 N–H and O–H groups in total. The Labute approximate surface area is 81.1 Å². The number of hydrogen-bond acceptors (Lipinski definition) is 0. The van der Waals surface area contributed by atoms with Gasteiger partial charge < -0.3 is 0 Å². The first kappa shape index (κ1) is 10.9. The molecule has 0 atom stereocenters. The molecule has 0 aliphatic carbocycles. The van der Waals surface area contributed by atoms with Gasteiger partial charge in [0.1, 0.15) is 0 Å². The number of allylic oxidation sites excluding steroid dienone is 2. The highest BCUT2D eigenvalue weighted by Gasteiger charge is 2.19. The maximum Gasteiger partial charge on any atom is 0.194 e. The highest BCUT2D eigenvalue weighted by Crippen LogP contribution is 2.32. The average Bonchev–Trinajstić information content (AvgIpc) is 1.59. The van der Waals surface area contributed by atoms with E-state index in [1.807, 2.05) is 13.0 Å². The molecule has 4 heteroatoms. The second-order valence-corrected chi connectivity index (χ2v) is 4.82. The zero-order valence-corrected chi connectivity index (χ0v) is 8.53. The summed E-state index contributed by atoms with van der Waals surface area (Å²) in [6, 6.07) is 0. The van der Waals surface area contributed by atoms with Crippen LogP contribution in [-0.2, 0) is 0 Å². The Bertz CT molecular complexity index is 122. The van der Waals surface area contributed by atoms with Gasteiger partial charge in [-0.2, -0.15) is 0 Å². The van der Waals surface area contributed by atoms with Crippen LogP contribution in [0, 0.1) is 0 Å². The van der Waals surface area contributed by atoms with Crippen molar-refractivity contribution in [2.24, 2.45) is 0 Å². The lowest BCUT2D eigenvalue weighted by molar-refractivity contribution is 0.990. The van der Waals surface area contributed by atoms with Crippen molar-refractivity contribution in [3.05, 3.63) is 11.6 Å². The van der Waals surface area contributed by atoms with Crippen LogP contribution < -0.4 is 0 Å². The number of rotatable bonds is 2. The molecule has 60 valence electrons. The molecule has 0 nitrogen and oxygen atoms in total. The quantitative estimate of drug-likeness (QED) is 0.490. The molecule has 0 fully saturated rings. The first-order valence-corrected chi connectivity index (χ1v) is 4.41. The summed E-state index contributed by atoms with van der Waals surface area (Å²) < 4.78 is -1.19. The largest absolute Gasteiger partial charge is 0.194 e. The summed E-state index contributed by atoms with van der Waals surface area (Å²) in [5.41, 5.74) is 0.995. The van der Waals surface area contributed by atoms with Gasteiger partial charge in [-0.05, 0) is 6.92 Å². The normalized spacial score (nSPS) is 13.9. The standard InChI is InChI=1S/C6H8Cl4/c1-5(2-3-7)4-6(8,9)10/h2H,3-4H2,1H3. The minimum atomic E-state index is -1.19. The van der Waals surface area contributed by atoms with E-state index in [0.29, 0.717) is 12.3 Å².